The third kappa shape index (κ3) is 6.57. The van der Waals surface area contributed by atoms with Gasteiger partial charge in [0.1, 0.15) is 16.7 Å². The second-order valence-corrected chi connectivity index (χ2v) is 9.62. The van der Waals surface area contributed by atoms with Gasteiger partial charge in [-0.05, 0) is 49.9 Å². The van der Waals surface area contributed by atoms with Crippen molar-refractivity contribution < 1.29 is 27.8 Å². The zero-order valence-electron chi connectivity index (χ0n) is 18.8. The van der Waals surface area contributed by atoms with E-state index >= 15 is 0 Å². The van der Waals surface area contributed by atoms with E-state index in [2.05, 4.69) is 4.98 Å². The predicted molar refractivity (Wildman–Crippen MR) is 124 cm³/mol. The number of rotatable bonds is 9. The number of halogens is 3. The van der Waals surface area contributed by atoms with Crippen LogP contribution in [0.15, 0.2) is 66.2 Å². The van der Waals surface area contributed by atoms with Crippen LogP contribution in [0.1, 0.15) is 41.6 Å². The van der Waals surface area contributed by atoms with Crippen molar-refractivity contribution in [1.29, 1.82) is 0 Å². The number of primary amides is 1. The molecular formula is C25H27F3N2O3S. The van der Waals surface area contributed by atoms with Crippen LogP contribution in [0.2, 0.25) is 0 Å². The quantitative estimate of drug-likeness (QED) is 0.396. The van der Waals surface area contributed by atoms with Crippen molar-refractivity contribution in [2.45, 2.75) is 44.6 Å². The molecule has 0 radical (unpaired) electrons. The molecule has 5 nitrogen and oxygen atoms in total. The maximum absolute atomic E-state index is 13.0. The zero-order valence-corrected chi connectivity index (χ0v) is 19.6. The van der Waals surface area contributed by atoms with Crippen LogP contribution in [0.4, 0.5) is 18.0 Å². The van der Waals surface area contributed by atoms with E-state index < -0.39 is 41.4 Å². The van der Waals surface area contributed by atoms with Crippen LogP contribution in [-0.4, -0.2) is 21.8 Å². The molecule has 3 aromatic rings. The van der Waals surface area contributed by atoms with Crippen LogP contribution in [0.25, 0.3) is 0 Å². The number of nitrogens with two attached hydrogens (primary N) is 1. The second-order valence-electron chi connectivity index (χ2n) is 8.70. The fourth-order valence-electron chi connectivity index (χ4n) is 4.26. The molecule has 1 amide bonds. The molecule has 9 heteroatoms. The zero-order chi connectivity index (χ0) is 24.9. The van der Waals surface area contributed by atoms with E-state index in [1.807, 2.05) is 30.3 Å². The number of aliphatic hydroxyl groups is 1. The number of amides is 1. The molecule has 1 aromatic heterocycles. The lowest BCUT2D eigenvalue weighted by atomic mass is 9.71. The van der Waals surface area contributed by atoms with Crippen LogP contribution >= 0.6 is 11.3 Å². The number of nitrogens with zero attached hydrogens (tertiary/aromatic N) is 1. The van der Waals surface area contributed by atoms with Gasteiger partial charge in [-0.2, -0.15) is 13.2 Å². The lowest BCUT2D eigenvalue weighted by molar-refractivity contribution is -0.137. The third-order valence-corrected chi connectivity index (χ3v) is 6.78. The highest BCUT2D eigenvalue weighted by molar-refractivity contribution is 7.09. The van der Waals surface area contributed by atoms with Crippen LogP contribution in [0.5, 0.6) is 0 Å². The van der Waals surface area contributed by atoms with Crippen LogP contribution in [0, 0.1) is 11.8 Å². The Kier molecular flexibility index (Phi) is 7.99. The van der Waals surface area contributed by atoms with Gasteiger partial charge in [-0.1, -0.05) is 42.5 Å². The third-order valence-electron chi connectivity index (χ3n) is 5.93. The second kappa shape index (κ2) is 10.6. The van der Waals surface area contributed by atoms with Crippen LogP contribution in [0.3, 0.4) is 0 Å². The summed E-state index contributed by atoms with van der Waals surface area (Å²) in [4.78, 5) is 15.9. The number of aromatic nitrogens is 1. The van der Waals surface area contributed by atoms with E-state index in [0.29, 0.717) is 17.0 Å². The first-order chi connectivity index (χ1) is 16.0. The Hall–Kier alpha value is -2.91. The summed E-state index contributed by atoms with van der Waals surface area (Å²) in [5.74, 6) is -0.985. The monoisotopic (exact) mass is 492 g/mol. The van der Waals surface area contributed by atoms with Crippen molar-refractivity contribution in [3.05, 3.63) is 87.9 Å². The molecule has 34 heavy (non-hydrogen) atoms. The lowest BCUT2D eigenvalue weighted by Gasteiger charge is -2.40. The highest BCUT2D eigenvalue weighted by atomic mass is 32.1. The Labute approximate surface area is 200 Å². The molecule has 3 atom stereocenters. The molecule has 3 N–H and O–H groups in total. The smallest absolute Gasteiger partial charge is 0.416 e. The van der Waals surface area contributed by atoms with Gasteiger partial charge < -0.3 is 15.6 Å². The molecule has 0 spiro atoms. The lowest BCUT2D eigenvalue weighted by Crippen LogP contribution is -2.45. The number of ether oxygens (including phenoxy) is 1. The minimum atomic E-state index is -4.44. The summed E-state index contributed by atoms with van der Waals surface area (Å²) in [7, 11) is 0. The number of hydrogen-bond acceptors (Lipinski definition) is 5. The number of carbonyl (C=O) groups is 1. The maximum Gasteiger partial charge on any atom is 0.416 e. The molecule has 1 heterocycles. The van der Waals surface area contributed by atoms with E-state index in [0.717, 1.165) is 17.7 Å². The normalized spacial score (nSPS) is 14.9. The summed E-state index contributed by atoms with van der Waals surface area (Å²) in [6.45, 7) is 3.44. The molecule has 0 aliphatic heterocycles. The first kappa shape index (κ1) is 25.7. The summed E-state index contributed by atoms with van der Waals surface area (Å²) >= 11 is 1.28. The largest absolute Gasteiger partial charge is 0.443 e. The van der Waals surface area contributed by atoms with Crippen molar-refractivity contribution in [1.82, 2.24) is 4.98 Å². The molecule has 3 rings (SSSR count). The molecular weight excluding hydrogens is 465 g/mol. The summed E-state index contributed by atoms with van der Waals surface area (Å²) < 4.78 is 44.6. The van der Waals surface area contributed by atoms with Gasteiger partial charge in [0.15, 0.2) is 0 Å². The van der Waals surface area contributed by atoms with Gasteiger partial charge in [-0.15, -0.1) is 11.3 Å². The molecule has 0 fully saturated rings. The van der Waals surface area contributed by atoms with Gasteiger partial charge >= 0.3 is 12.3 Å². The Balaban J connectivity index is 2.03. The average Bonchev–Trinajstić information content (AvgIpc) is 3.30. The number of alkyl halides is 3. The standard InChI is InChI=1S/C25H27F3N2O3S/c1-24(2,33-23(29)32)20(15-16-6-4-3-5-7-16)19(21(31)22-30-12-13-34-22)14-17-8-10-18(11-9-17)25(26,27)28/h3-13,19-21,31H,14-15H2,1-2H3,(H2,29,32). The first-order valence-electron chi connectivity index (χ1n) is 10.7. The summed E-state index contributed by atoms with van der Waals surface area (Å²) in [6.07, 6.45) is -4.16. The van der Waals surface area contributed by atoms with Gasteiger partial charge in [-0.25, -0.2) is 9.78 Å². The number of benzene rings is 2. The highest BCUT2D eigenvalue weighted by Crippen LogP contribution is 2.41. The van der Waals surface area contributed by atoms with Crippen molar-refractivity contribution in [2.24, 2.45) is 17.6 Å². The van der Waals surface area contributed by atoms with Crippen molar-refractivity contribution >= 4 is 17.4 Å². The van der Waals surface area contributed by atoms with E-state index in [-0.39, 0.29) is 6.42 Å². The molecule has 0 bridgehead atoms. The maximum atomic E-state index is 13.0. The molecule has 0 saturated heterocycles. The number of carbonyl (C=O) groups excluding carboxylic acids is 1. The highest BCUT2D eigenvalue weighted by Gasteiger charge is 2.42. The molecule has 2 aromatic carbocycles. The van der Waals surface area contributed by atoms with E-state index in [4.69, 9.17) is 10.5 Å². The van der Waals surface area contributed by atoms with Crippen molar-refractivity contribution in [3.8, 4) is 0 Å². The molecule has 0 aliphatic carbocycles. The first-order valence-corrected chi connectivity index (χ1v) is 11.6. The number of aliphatic hydroxyl groups excluding tert-OH is 1. The Morgan fingerprint density at radius 3 is 2.21 bits per heavy atom. The summed E-state index contributed by atoms with van der Waals surface area (Å²) in [6, 6.07) is 14.4. The van der Waals surface area contributed by atoms with Gasteiger partial charge in [-0.3, -0.25) is 0 Å². The predicted octanol–water partition coefficient (Wildman–Crippen LogP) is 5.79. The molecule has 182 valence electrons. The van der Waals surface area contributed by atoms with E-state index in [9.17, 15) is 23.1 Å². The SMILES string of the molecule is CC(C)(OC(N)=O)C(Cc1ccccc1)C(Cc1ccc(C(F)(F)F)cc1)C(O)c1nccs1. The van der Waals surface area contributed by atoms with Gasteiger partial charge in [0, 0.05) is 23.4 Å². The number of hydrogen-bond donors (Lipinski definition) is 2. The Morgan fingerprint density at radius 1 is 1.06 bits per heavy atom. The van der Waals surface area contributed by atoms with Crippen molar-refractivity contribution in [2.75, 3.05) is 0 Å². The number of thiazole rings is 1. The fraction of sp³-hybridized carbons (Fsp3) is 0.360. The van der Waals surface area contributed by atoms with Crippen LogP contribution < -0.4 is 5.73 Å². The minimum absolute atomic E-state index is 0.238. The van der Waals surface area contributed by atoms with Gasteiger partial charge in [0.2, 0.25) is 0 Å². The Morgan fingerprint density at radius 2 is 1.68 bits per heavy atom. The van der Waals surface area contributed by atoms with E-state index in [1.54, 1.807) is 25.4 Å². The minimum Gasteiger partial charge on any atom is -0.443 e. The van der Waals surface area contributed by atoms with Crippen LogP contribution in [-0.2, 0) is 23.8 Å². The average molecular weight is 493 g/mol. The fourth-order valence-corrected chi connectivity index (χ4v) is 4.95. The topological polar surface area (TPSA) is 85.4 Å². The van der Waals surface area contributed by atoms with Gasteiger partial charge in [0.25, 0.3) is 0 Å². The van der Waals surface area contributed by atoms with Crippen molar-refractivity contribution in [3.63, 3.8) is 0 Å². The summed E-state index contributed by atoms with van der Waals surface area (Å²) in [5, 5.41) is 13.6. The van der Waals surface area contributed by atoms with E-state index in [1.165, 1.54) is 23.5 Å². The molecule has 0 saturated carbocycles. The summed E-state index contributed by atoms with van der Waals surface area (Å²) in [5.41, 5.74) is 5.09. The Bertz CT molecular complexity index is 1060. The van der Waals surface area contributed by atoms with Gasteiger partial charge in [0.05, 0.1) is 5.56 Å². The molecule has 0 aliphatic rings. The molecule has 3 unspecified atom stereocenters.